The summed E-state index contributed by atoms with van der Waals surface area (Å²) in [4.78, 5) is 20.4. The summed E-state index contributed by atoms with van der Waals surface area (Å²) >= 11 is 1.22. The summed E-state index contributed by atoms with van der Waals surface area (Å²) in [5.74, 6) is -0.593. The molecule has 0 fully saturated rings. The second-order valence-corrected chi connectivity index (χ2v) is 5.09. The SMILES string of the molecule is CON=C(C(=O)OC(C)(C)C)c1csc(N)n1. The number of oxime groups is 1. The Kier molecular flexibility index (Phi) is 4.06. The molecular formula is C10H15N3O3S. The molecule has 0 saturated carbocycles. The number of rotatable bonds is 3. The van der Waals surface area contributed by atoms with Crippen molar-refractivity contribution >= 4 is 28.1 Å². The largest absolute Gasteiger partial charge is 0.455 e. The fourth-order valence-electron chi connectivity index (χ4n) is 1.00. The van der Waals surface area contributed by atoms with E-state index in [1.54, 1.807) is 26.2 Å². The Morgan fingerprint density at radius 1 is 1.53 bits per heavy atom. The Labute approximate surface area is 103 Å². The number of carbonyl (C=O) groups is 1. The summed E-state index contributed by atoms with van der Waals surface area (Å²) in [7, 11) is 1.35. The summed E-state index contributed by atoms with van der Waals surface area (Å²) in [5, 5.41) is 5.60. The fraction of sp³-hybridized carbons (Fsp3) is 0.500. The van der Waals surface area contributed by atoms with Crippen molar-refractivity contribution in [1.29, 1.82) is 0 Å². The Morgan fingerprint density at radius 2 is 2.18 bits per heavy atom. The van der Waals surface area contributed by atoms with Crippen LogP contribution in [0.4, 0.5) is 5.13 Å². The first-order valence-electron chi connectivity index (χ1n) is 4.89. The number of nitrogens with zero attached hydrogens (tertiary/aromatic N) is 2. The highest BCUT2D eigenvalue weighted by Crippen LogP contribution is 2.15. The van der Waals surface area contributed by atoms with Crippen molar-refractivity contribution in [2.75, 3.05) is 12.8 Å². The first-order chi connectivity index (χ1) is 7.83. The van der Waals surface area contributed by atoms with Crippen LogP contribution < -0.4 is 5.73 Å². The molecule has 0 saturated heterocycles. The minimum Gasteiger partial charge on any atom is -0.455 e. The molecule has 1 aromatic rings. The van der Waals surface area contributed by atoms with Gasteiger partial charge in [0.15, 0.2) is 5.13 Å². The maximum Gasteiger partial charge on any atom is 0.363 e. The van der Waals surface area contributed by atoms with Gasteiger partial charge >= 0.3 is 5.97 Å². The lowest BCUT2D eigenvalue weighted by atomic mass is 10.2. The zero-order chi connectivity index (χ0) is 13.1. The molecular weight excluding hydrogens is 242 g/mol. The summed E-state index contributed by atoms with van der Waals surface area (Å²) < 4.78 is 5.19. The molecule has 0 aliphatic heterocycles. The zero-order valence-corrected chi connectivity index (χ0v) is 11.0. The second-order valence-electron chi connectivity index (χ2n) is 4.20. The average Bonchev–Trinajstić information content (AvgIpc) is 2.58. The third kappa shape index (κ3) is 4.03. The number of nitrogen functional groups attached to an aromatic ring is 1. The van der Waals surface area contributed by atoms with E-state index in [1.165, 1.54) is 18.4 Å². The molecule has 7 heteroatoms. The van der Waals surface area contributed by atoms with E-state index in [0.29, 0.717) is 10.8 Å². The highest BCUT2D eigenvalue weighted by atomic mass is 32.1. The van der Waals surface area contributed by atoms with Crippen molar-refractivity contribution < 1.29 is 14.4 Å². The van der Waals surface area contributed by atoms with Crippen LogP contribution in [0, 0.1) is 0 Å². The van der Waals surface area contributed by atoms with Gasteiger partial charge in [-0.3, -0.25) is 0 Å². The van der Waals surface area contributed by atoms with Gasteiger partial charge in [0.05, 0.1) is 0 Å². The van der Waals surface area contributed by atoms with Gasteiger partial charge in [-0.1, -0.05) is 5.16 Å². The Morgan fingerprint density at radius 3 is 2.59 bits per heavy atom. The molecule has 1 aromatic heterocycles. The molecule has 2 N–H and O–H groups in total. The normalized spacial score (nSPS) is 12.4. The molecule has 1 heterocycles. The molecule has 0 bridgehead atoms. The molecule has 0 radical (unpaired) electrons. The Bertz CT molecular complexity index is 434. The molecule has 17 heavy (non-hydrogen) atoms. The average molecular weight is 257 g/mol. The molecule has 0 aromatic carbocycles. The van der Waals surface area contributed by atoms with Crippen LogP contribution >= 0.6 is 11.3 Å². The van der Waals surface area contributed by atoms with E-state index < -0.39 is 11.6 Å². The van der Waals surface area contributed by atoms with E-state index in [-0.39, 0.29) is 5.71 Å². The highest BCUT2D eigenvalue weighted by molar-refractivity contribution is 7.13. The van der Waals surface area contributed by atoms with Crippen molar-refractivity contribution in [3.63, 3.8) is 0 Å². The van der Waals surface area contributed by atoms with Gasteiger partial charge in [-0.05, 0) is 20.8 Å². The number of nitrogens with two attached hydrogens (primary N) is 1. The van der Waals surface area contributed by atoms with Gasteiger partial charge in [0.1, 0.15) is 18.4 Å². The van der Waals surface area contributed by atoms with Gasteiger partial charge in [-0.15, -0.1) is 11.3 Å². The smallest absolute Gasteiger partial charge is 0.363 e. The summed E-state index contributed by atoms with van der Waals surface area (Å²) in [6, 6.07) is 0. The molecule has 0 atom stereocenters. The molecule has 94 valence electrons. The van der Waals surface area contributed by atoms with E-state index >= 15 is 0 Å². The van der Waals surface area contributed by atoms with Crippen molar-refractivity contribution in [2.24, 2.45) is 5.16 Å². The molecule has 0 unspecified atom stereocenters. The quantitative estimate of drug-likeness (QED) is 0.502. The lowest BCUT2D eigenvalue weighted by Crippen LogP contribution is -2.29. The number of anilines is 1. The number of thiazole rings is 1. The topological polar surface area (TPSA) is 86.8 Å². The van der Waals surface area contributed by atoms with Crippen LogP contribution in [0.3, 0.4) is 0 Å². The van der Waals surface area contributed by atoms with Gasteiger partial charge in [0.25, 0.3) is 0 Å². The number of ether oxygens (including phenoxy) is 1. The predicted octanol–water partition coefficient (Wildman–Crippen LogP) is 1.42. The van der Waals surface area contributed by atoms with Crippen LogP contribution in [0.5, 0.6) is 0 Å². The third-order valence-electron chi connectivity index (χ3n) is 1.54. The number of carbonyl (C=O) groups excluding carboxylic acids is 1. The monoisotopic (exact) mass is 257 g/mol. The number of hydrogen-bond donors (Lipinski definition) is 1. The van der Waals surface area contributed by atoms with Gasteiger partial charge in [-0.2, -0.15) is 0 Å². The van der Waals surface area contributed by atoms with Crippen molar-refractivity contribution in [3.05, 3.63) is 11.1 Å². The minimum atomic E-state index is -0.604. The lowest BCUT2D eigenvalue weighted by molar-refractivity contribution is -0.146. The maximum absolute atomic E-state index is 11.8. The first-order valence-corrected chi connectivity index (χ1v) is 5.77. The van der Waals surface area contributed by atoms with E-state index in [2.05, 4.69) is 15.0 Å². The molecule has 1 rings (SSSR count). The number of esters is 1. The van der Waals surface area contributed by atoms with Crippen LogP contribution in [0.2, 0.25) is 0 Å². The van der Waals surface area contributed by atoms with Crippen molar-refractivity contribution in [2.45, 2.75) is 26.4 Å². The van der Waals surface area contributed by atoms with Crippen LogP contribution in [-0.2, 0) is 14.4 Å². The van der Waals surface area contributed by atoms with Crippen molar-refractivity contribution in [3.8, 4) is 0 Å². The van der Waals surface area contributed by atoms with Crippen molar-refractivity contribution in [1.82, 2.24) is 4.98 Å². The second kappa shape index (κ2) is 5.13. The van der Waals surface area contributed by atoms with E-state index in [9.17, 15) is 4.79 Å². The van der Waals surface area contributed by atoms with E-state index in [4.69, 9.17) is 10.5 Å². The maximum atomic E-state index is 11.8. The summed E-state index contributed by atoms with van der Waals surface area (Å²) in [5.41, 5.74) is 5.26. The number of hydrogen-bond acceptors (Lipinski definition) is 7. The van der Waals surface area contributed by atoms with Crippen LogP contribution in [0.1, 0.15) is 26.5 Å². The molecule has 0 spiro atoms. The third-order valence-corrected chi connectivity index (χ3v) is 2.21. The van der Waals surface area contributed by atoms with Gasteiger partial charge in [-0.25, -0.2) is 9.78 Å². The van der Waals surface area contributed by atoms with Gasteiger partial charge in [0.2, 0.25) is 5.71 Å². The summed E-state index contributed by atoms with van der Waals surface area (Å²) in [6.45, 7) is 5.31. The summed E-state index contributed by atoms with van der Waals surface area (Å²) in [6.07, 6.45) is 0. The van der Waals surface area contributed by atoms with Gasteiger partial charge in [0, 0.05) is 5.38 Å². The lowest BCUT2D eigenvalue weighted by Gasteiger charge is -2.19. The van der Waals surface area contributed by atoms with Gasteiger partial charge < -0.3 is 15.3 Å². The fourth-order valence-corrected chi connectivity index (χ4v) is 1.55. The first kappa shape index (κ1) is 13.4. The Hall–Kier alpha value is -1.63. The highest BCUT2D eigenvalue weighted by Gasteiger charge is 2.24. The predicted molar refractivity (Wildman–Crippen MR) is 65.9 cm³/mol. The molecule has 0 amide bonds. The van der Waals surface area contributed by atoms with E-state index in [0.717, 1.165) is 0 Å². The number of aromatic nitrogens is 1. The molecule has 0 aliphatic rings. The molecule has 0 aliphatic carbocycles. The van der Waals surface area contributed by atoms with Crippen LogP contribution in [-0.4, -0.2) is 29.4 Å². The van der Waals surface area contributed by atoms with Crippen LogP contribution in [0.15, 0.2) is 10.5 Å². The zero-order valence-electron chi connectivity index (χ0n) is 10.2. The van der Waals surface area contributed by atoms with E-state index in [1.807, 2.05) is 0 Å². The molecule has 6 nitrogen and oxygen atoms in total. The minimum absolute atomic E-state index is 0.00961. The Balaban J connectivity index is 2.95. The van der Waals surface area contributed by atoms with Crippen LogP contribution in [0.25, 0.3) is 0 Å². The standard InChI is InChI=1S/C10H15N3O3S/c1-10(2,3)16-8(14)7(13-15-4)6-5-17-9(11)12-6/h5H,1-4H3,(H2,11,12).